The van der Waals surface area contributed by atoms with Crippen molar-refractivity contribution >= 4 is 11.9 Å². The van der Waals surface area contributed by atoms with E-state index < -0.39 is 12.1 Å². The number of aliphatic hydroxyl groups excluding tert-OH is 1. The number of esters is 1. The Morgan fingerprint density at radius 2 is 2.25 bits per heavy atom. The summed E-state index contributed by atoms with van der Waals surface area (Å²) in [6, 6.07) is 0. The van der Waals surface area contributed by atoms with Gasteiger partial charge in [0, 0.05) is 13.0 Å². The molecule has 0 spiro atoms. The molecule has 0 aromatic carbocycles. The van der Waals surface area contributed by atoms with E-state index >= 15 is 0 Å². The summed E-state index contributed by atoms with van der Waals surface area (Å²) in [5.74, 6) is -1.44. The number of carboxylic acid groups (broad SMARTS) is 1. The number of rotatable bonds is 4. The average Bonchev–Trinajstić information content (AvgIpc) is 2.43. The van der Waals surface area contributed by atoms with Crippen molar-refractivity contribution < 1.29 is 24.5 Å². The number of aliphatic hydroxyl groups is 1. The quantitative estimate of drug-likeness (QED) is 0.551. The average molecular weight is 228 g/mol. The summed E-state index contributed by atoms with van der Waals surface area (Å²) in [5.41, 5.74) is 0.0734. The van der Waals surface area contributed by atoms with E-state index in [1.165, 1.54) is 6.08 Å². The Bertz CT molecular complexity index is 295. The van der Waals surface area contributed by atoms with Gasteiger partial charge in [-0.3, -0.25) is 4.79 Å². The highest BCUT2D eigenvalue weighted by molar-refractivity contribution is 5.88. The Morgan fingerprint density at radius 3 is 2.88 bits per heavy atom. The van der Waals surface area contributed by atoms with Gasteiger partial charge in [-0.1, -0.05) is 6.08 Å². The van der Waals surface area contributed by atoms with E-state index in [1.807, 2.05) is 0 Å². The Morgan fingerprint density at radius 1 is 1.50 bits per heavy atom. The fourth-order valence-electron chi connectivity index (χ4n) is 1.67. The Kier molecular flexibility index (Phi) is 4.98. The van der Waals surface area contributed by atoms with Crippen LogP contribution in [0.15, 0.2) is 11.6 Å². The number of hydrogen-bond donors (Lipinski definition) is 2. The van der Waals surface area contributed by atoms with Crippen LogP contribution in [0.5, 0.6) is 0 Å². The van der Waals surface area contributed by atoms with Gasteiger partial charge in [-0.25, -0.2) is 4.79 Å². The third-order valence-electron chi connectivity index (χ3n) is 2.46. The third-order valence-corrected chi connectivity index (χ3v) is 2.46. The molecule has 1 fully saturated rings. The smallest absolute Gasteiger partial charge is 0.335 e. The minimum atomic E-state index is -1.09. The molecule has 0 bridgehead atoms. The number of carbonyl (C=O) groups excluding carboxylic acids is 1. The first-order valence-corrected chi connectivity index (χ1v) is 5.39. The van der Waals surface area contributed by atoms with Gasteiger partial charge in [0.25, 0.3) is 0 Å². The molecule has 1 heterocycles. The largest absolute Gasteiger partial charge is 0.478 e. The fraction of sp³-hybridized carbons (Fsp3) is 0.636. The highest BCUT2D eigenvalue weighted by atomic mass is 16.5. The molecule has 90 valence electrons. The zero-order valence-electron chi connectivity index (χ0n) is 9.02. The summed E-state index contributed by atoms with van der Waals surface area (Å²) in [5, 5.41) is 17.6. The van der Waals surface area contributed by atoms with Gasteiger partial charge < -0.3 is 14.9 Å². The first-order chi connectivity index (χ1) is 7.65. The van der Waals surface area contributed by atoms with Crippen molar-refractivity contribution in [2.24, 2.45) is 0 Å². The maximum Gasteiger partial charge on any atom is 0.335 e. The minimum Gasteiger partial charge on any atom is -0.478 e. The van der Waals surface area contributed by atoms with Crippen LogP contribution in [0, 0.1) is 0 Å². The van der Waals surface area contributed by atoms with Gasteiger partial charge in [0.2, 0.25) is 0 Å². The molecule has 2 N–H and O–H groups in total. The van der Waals surface area contributed by atoms with E-state index in [4.69, 9.17) is 14.9 Å². The highest BCUT2D eigenvalue weighted by Crippen LogP contribution is 2.20. The van der Waals surface area contributed by atoms with Crippen molar-refractivity contribution in [2.45, 2.75) is 38.2 Å². The topological polar surface area (TPSA) is 83.8 Å². The fourth-order valence-corrected chi connectivity index (χ4v) is 1.67. The van der Waals surface area contributed by atoms with Crippen LogP contribution in [0.25, 0.3) is 0 Å². The number of carbonyl (C=O) groups is 2. The molecule has 5 heteroatoms. The lowest BCUT2D eigenvalue weighted by Gasteiger charge is -2.15. The predicted molar refractivity (Wildman–Crippen MR) is 55.8 cm³/mol. The van der Waals surface area contributed by atoms with Crippen molar-refractivity contribution in [3.8, 4) is 0 Å². The van der Waals surface area contributed by atoms with E-state index in [0.29, 0.717) is 12.8 Å². The number of hydrogen-bond acceptors (Lipinski definition) is 4. The first kappa shape index (κ1) is 12.7. The molecule has 1 unspecified atom stereocenters. The van der Waals surface area contributed by atoms with Crippen molar-refractivity contribution in [2.75, 3.05) is 6.61 Å². The Hall–Kier alpha value is -1.36. The first-order valence-electron chi connectivity index (χ1n) is 5.39. The van der Waals surface area contributed by atoms with Gasteiger partial charge in [0.05, 0.1) is 5.57 Å². The Labute approximate surface area is 93.7 Å². The molecule has 1 aliphatic heterocycles. The van der Waals surface area contributed by atoms with E-state index in [9.17, 15) is 9.59 Å². The van der Waals surface area contributed by atoms with E-state index in [2.05, 4.69) is 0 Å². The van der Waals surface area contributed by atoms with E-state index in [-0.39, 0.29) is 24.6 Å². The van der Waals surface area contributed by atoms with Crippen LogP contribution in [-0.2, 0) is 14.3 Å². The molecule has 0 radical (unpaired) electrons. The van der Waals surface area contributed by atoms with Crippen LogP contribution >= 0.6 is 0 Å². The standard InChI is InChI=1S/C11H16O5/c12-7-3-4-8(11(14)15)9-5-1-2-6-10(13)16-9/h4,9,12H,1-3,5-7H2,(H,14,15). The molecule has 1 rings (SSSR count). The molecule has 5 nitrogen and oxygen atoms in total. The van der Waals surface area contributed by atoms with E-state index in [0.717, 1.165) is 12.8 Å². The molecule has 1 atom stereocenters. The molecule has 0 saturated carbocycles. The normalized spacial score (nSPS) is 22.4. The van der Waals surface area contributed by atoms with Crippen LogP contribution in [-0.4, -0.2) is 34.9 Å². The molecule has 0 amide bonds. The molecule has 1 saturated heterocycles. The van der Waals surface area contributed by atoms with Gasteiger partial charge in [-0.2, -0.15) is 0 Å². The molecular formula is C11H16O5. The minimum absolute atomic E-state index is 0.0734. The summed E-state index contributed by atoms with van der Waals surface area (Å²) >= 11 is 0. The zero-order chi connectivity index (χ0) is 12.0. The number of aliphatic carboxylic acids is 1. The Balaban J connectivity index is 2.76. The van der Waals surface area contributed by atoms with Gasteiger partial charge >= 0.3 is 11.9 Å². The predicted octanol–water partition coefficient (Wildman–Crippen LogP) is 0.866. The van der Waals surface area contributed by atoms with Crippen LogP contribution in [0.2, 0.25) is 0 Å². The number of ether oxygens (including phenoxy) is 1. The maximum absolute atomic E-state index is 11.2. The highest BCUT2D eigenvalue weighted by Gasteiger charge is 2.25. The van der Waals surface area contributed by atoms with Gasteiger partial charge in [0.15, 0.2) is 0 Å². The van der Waals surface area contributed by atoms with Crippen molar-refractivity contribution in [3.63, 3.8) is 0 Å². The molecule has 1 aliphatic rings. The van der Waals surface area contributed by atoms with Crippen LogP contribution in [0.3, 0.4) is 0 Å². The zero-order valence-corrected chi connectivity index (χ0v) is 9.02. The number of carboxylic acids is 1. The second-order valence-electron chi connectivity index (χ2n) is 3.70. The summed E-state index contributed by atoms with van der Waals surface area (Å²) < 4.78 is 5.06. The lowest BCUT2D eigenvalue weighted by molar-refractivity contribution is -0.147. The summed E-state index contributed by atoms with van der Waals surface area (Å²) in [6.07, 6.45) is 3.42. The second kappa shape index (κ2) is 6.27. The molecular weight excluding hydrogens is 212 g/mol. The molecule has 0 aromatic heterocycles. The van der Waals surface area contributed by atoms with Crippen molar-refractivity contribution in [1.82, 2.24) is 0 Å². The molecule has 0 aromatic rings. The lowest BCUT2D eigenvalue weighted by Crippen LogP contribution is -2.23. The van der Waals surface area contributed by atoms with Crippen LogP contribution in [0.1, 0.15) is 32.1 Å². The summed E-state index contributed by atoms with van der Waals surface area (Å²) in [7, 11) is 0. The van der Waals surface area contributed by atoms with Crippen molar-refractivity contribution in [3.05, 3.63) is 11.6 Å². The van der Waals surface area contributed by atoms with Gasteiger partial charge in [0.1, 0.15) is 6.10 Å². The monoisotopic (exact) mass is 228 g/mol. The summed E-state index contributed by atoms with van der Waals surface area (Å²) in [6.45, 7) is -0.114. The third kappa shape index (κ3) is 3.66. The summed E-state index contributed by atoms with van der Waals surface area (Å²) in [4.78, 5) is 22.2. The molecule has 0 aliphatic carbocycles. The van der Waals surface area contributed by atoms with Gasteiger partial charge in [-0.15, -0.1) is 0 Å². The SMILES string of the molecule is O=C1CCCCC(C(=CCCO)C(=O)O)O1. The van der Waals surface area contributed by atoms with E-state index in [1.54, 1.807) is 0 Å². The van der Waals surface area contributed by atoms with Gasteiger partial charge in [-0.05, 0) is 25.7 Å². The second-order valence-corrected chi connectivity index (χ2v) is 3.70. The maximum atomic E-state index is 11.2. The van der Waals surface area contributed by atoms with Crippen LogP contribution in [0.4, 0.5) is 0 Å². The molecule has 16 heavy (non-hydrogen) atoms. The lowest BCUT2D eigenvalue weighted by atomic mass is 10.0. The van der Waals surface area contributed by atoms with Crippen molar-refractivity contribution in [1.29, 1.82) is 0 Å². The number of cyclic esters (lactones) is 1. The van der Waals surface area contributed by atoms with Crippen LogP contribution < -0.4 is 0 Å².